The molecule has 2 aromatic carbocycles. The molecule has 0 aromatic heterocycles. The number of amides is 1. The van der Waals surface area contributed by atoms with Gasteiger partial charge in [-0.1, -0.05) is 42.5 Å². The number of carbonyl (C=O) groups excluding carboxylic acids is 1. The van der Waals surface area contributed by atoms with E-state index in [1.165, 1.54) is 5.39 Å². The van der Waals surface area contributed by atoms with Crippen LogP contribution in [0.25, 0.3) is 10.8 Å². The molecule has 1 heterocycles. The van der Waals surface area contributed by atoms with E-state index in [1.54, 1.807) is 11.8 Å². The van der Waals surface area contributed by atoms with Crippen LogP contribution in [0.3, 0.4) is 0 Å². The zero-order chi connectivity index (χ0) is 16.3. The molecular weight excluding hydrogens is 310 g/mol. The molecule has 0 aliphatic carbocycles. The van der Waals surface area contributed by atoms with Crippen LogP contribution in [0.1, 0.15) is 18.4 Å². The highest BCUT2D eigenvalue weighted by Gasteiger charge is 2.43. The van der Waals surface area contributed by atoms with Crippen LogP contribution in [0.4, 0.5) is 0 Å². The Bertz CT molecular complexity index is 738. The molecule has 2 N–H and O–H groups in total. The zero-order valence-electron chi connectivity index (χ0n) is 12.7. The first-order chi connectivity index (χ1) is 11.1. The number of thioether (sulfide) groups is 1. The van der Waals surface area contributed by atoms with Crippen molar-refractivity contribution in [1.82, 2.24) is 5.32 Å². The molecule has 1 saturated heterocycles. The highest BCUT2D eigenvalue weighted by molar-refractivity contribution is 7.99. The van der Waals surface area contributed by atoms with Gasteiger partial charge in [0.2, 0.25) is 5.91 Å². The first-order valence-electron chi connectivity index (χ1n) is 7.69. The van der Waals surface area contributed by atoms with Gasteiger partial charge in [0.25, 0.3) is 0 Å². The van der Waals surface area contributed by atoms with Crippen LogP contribution in [0.2, 0.25) is 0 Å². The average molecular weight is 329 g/mol. The predicted octanol–water partition coefficient (Wildman–Crippen LogP) is 2.85. The van der Waals surface area contributed by atoms with Gasteiger partial charge in [0.1, 0.15) is 5.54 Å². The maximum atomic E-state index is 12.2. The second kappa shape index (κ2) is 6.62. The molecule has 4 nitrogen and oxygen atoms in total. The molecule has 3 rings (SSSR count). The molecule has 0 saturated carbocycles. The Morgan fingerprint density at radius 2 is 1.96 bits per heavy atom. The minimum Gasteiger partial charge on any atom is -0.479 e. The van der Waals surface area contributed by atoms with E-state index in [2.05, 4.69) is 23.5 Å². The fourth-order valence-electron chi connectivity index (χ4n) is 2.87. The molecule has 1 aliphatic rings. The van der Waals surface area contributed by atoms with Gasteiger partial charge < -0.3 is 10.4 Å². The van der Waals surface area contributed by atoms with Crippen LogP contribution < -0.4 is 5.32 Å². The van der Waals surface area contributed by atoms with Crippen LogP contribution >= 0.6 is 11.8 Å². The van der Waals surface area contributed by atoms with E-state index < -0.39 is 11.5 Å². The molecule has 0 radical (unpaired) electrons. The predicted molar refractivity (Wildman–Crippen MR) is 92.7 cm³/mol. The summed E-state index contributed by atoms with van der Waals surface area (Å²) in [5.41, 5.74) is 0.00882. The van der Waals surface area contributed by atoms with Crippen LogP contribution in [0, 0.1) is 0 Å². The third-order valence-electron chi connectivity index (χ3n) is 4.26. The Morgan fingerprint density at radius 3 is 2.65 bits per heavy atom. The van der Waals surface area contributed by atoms with Gasteiger partial charge in [0.05, 0.1) is 0 Å². The fraction of sp³-hybridized carbons (Fsp3) is 0.333. The molecule has 2 aromatic rings. The highest BCUT2D eigenvalue weighted by atomic mass is 32.2. The first kappa shape index (κ1) is 15.9. The minimum absolute atomic E-state index is 0.192. The van der Waals surface area contributed by atoms with Crippen molar-refractivity contribution in [2.24, 2.45) is 0 Å². The topological polar surface area (TPSA) is 66.4 Å². The number of rotatable bonds is 5. The summed E-state index contributed by atoms with van der Waals surface area (Å²) >= 11 is 1.57. The number of hydrogen-bond acceptors (Lipinski definition) is 3. The summed E-state index contributed by atoms with van der Waals surface area (Å²) in [6.45, 7) is 0. The van der Waals surface area contributed by atoms with Crippen molar-refractivity contribution in [3.63, 3.8) is 0 Å². The third kappa shape index (κ3) is 3.50. The SMILES string of the molecule is O=C(CCc1ccc2ccccc2c1)NC1(C(=O)O)CCSC1. The van der Waals surface area contributed by atoms with Crippen molar-refractivity contribution in [2.75, 3.05) is 11.5 Å². The second-order valence-corrected chi connectivity index (χ2v) is 7.02. The maximum Gasteiger partial charge on any atom is 0.330 e. The van der Waals surface area contributed by atoms with E-state index in [1.807, 2.05) is 24.3 Å². The molecule has 0 bridgehead atoms. The lowest BCUT2D eigenvalue weighted by atomic mass is 9.98. The number of carboxylic acid groups (broad SMARTS) is 1. The summed E-state index contributed by atoms with van der Waals surface area (Å²) < 4.78 is 0. The van der Waals surface area contributed by atoms with Crippen LogP contribution in [0.5, 0.6) is 0 Å². The van der Waals surface area contributed by atoms with E-state index in [-0.39, 0.29) is 5.91 Å². The number of aliphatic carboxylic acids is 1. The summed E-state index contributed by atoms with van der Waals surface area (Å²) in [5.74, 6) is 0.103. The van der Waals surface area contributed by atoms with Crippen molar-refractivity contribution in [2.45, 2.75) is 24.8 Å². The first-order valence-corrected chi connectivity index (χ1v) is 8.84. The van der Waals surface area contributed by atoms with Crippen molar-refractivity contribution in [3.8, 4) is 0 Å². The van der Waals surface area contributed by atoms with E-state index in [4.69, 9.17) is 0 Å². The standard InChI is InChI=1S/C18H19NO3S/c20-16(19-18(17(21)22)9-10-23-12-18)8-6-13-5-7-14-3-1-2-4-15(14)11-13/h1-5,7,11H,6,8-10,12H2,(H,19,20)(H,21,22). The van der Waals surface area contributed by atoms with Crippen molar-refractivity contribution < 1.29 is 14.7 Å². The van der Waals surface area contributed by atoms with Crippen LogP contribution in [0.15, 0.2) is 42.5 Å². The van der Waals surface area contributed by atoms with Gasteiger partial charge >= 0.3 is 5.97 Å². The summed E-state index contributed by atoms with van der Waals surface area (Å²) in [6.07, 6.45) is 1.41. The lowest BCUT2D eigenvalue weighted by Crippen LogP contribution is -2.54. The summed E-state index contributed by atoms with van der Waals surface area (Å²) in [6, 6.07) is 14.3. The Morgan fingerprint density at radius 1 is 1.17 bits per heavy atom. The van der Waals surface area contributed by atoms with Gasteiger partial charge in [-0.15, -0.1) is 0 Å². The summed E-state index contributed by atoms with van der Waals surface area (Å²) in [7, 11) is 0. The van der Waals surface area contributed by atoms with Gasteiger partial charge in [0.15, 0.2) is 0 Å². The molecule has 1 amide bonds. The maximum absolute atomic E-state index is 12.2. The Kier molecular flexibility index (Phi) is 4.57. The van der Waals surface area contributed by atoms with Crippen LogP contribution in [-0.4, -0.2) is 34.0 Å². The number of fused-ring (bicyclic) bond motifs is 1. The quantitative estimate of drug-likeness (QED) is 0.885. The van der Waals surface area contributed by atoms with Gasteiger partial charge in [-0.25, -0.2) is 4.79 Å². The minimum atomic E-state index is -1.08. The second-order valence-electron chi connectivity index (χ2n) is 5.92. The average Bonchev–Trinajstić information content (AvgIpc) is 3.02. The molecule has 0 spiro atoms. The largest absolute Gasteiger partial charge is 0.479 e. The molecule has 1 unspecified atom stereocenters. The highest BCUT2D eigenvalue weighted by Crippen LogP contribution is 2.28. The molecule has 120 valence electrons. The molecule has 1 aliphatic heterocycles. The number of hydrogen-bond donors (Lipinski definition) is 2. The number of carbonyl (C=O) groups is 2. The lowest BCUT2D eigenvalue weighted by Gasteiger charge is -2.24. The number of aryl methyl sites for hydroxylation is 1. The Balaban J connectivity index is 1.62. The van der Waals surface area contributed by atoms with Crippen molar-refractivity contribution in [1.29, 1.82) is 0 Å². The number of nitrogens with one attached hydrogen (secondary N) is 1. The van der Waals surface area contributed by atoms with Gasteiger partial charge in [-0.05, 0) is 34.9 Å². The Labute approximate surface area is 139 Å². The van der Waals surface area contributed by atoms with E-state index in [9.17, 15) is 14.7 Å². The third-order valence-corrected chi connectivity index (χ3v) is 5.45. The van der Waals surface area contributed by atoms with E-state index >= 15 is 0 Å². The zero-order valence-corrected chi connectivity index (χ0v) is 13.6. The monoisotopic (exact) mass is 329 g/mol. The van der Waals surface area contributed by atoms with Crippen molar-refractivity contribution >= 4 is 34.4 Å². The molecule has 5 heteroatoms. The Hall–Kier alpha value is -2.01. The fourth-order valence-corrected chi connectivity index (χ4v) is 4.19. The van der Waals surface area contributed by atoms with E-state index in [0.717, 1.165) is 16.7 Å². The van der Waals surface area contributed by atoms with Crippen LogP contribution in [-0.2, 0) is 16.0 Å². The van der Waals surface area contributed by atoms with E-state index in [0.29, 0.717) is 25.0 Å². The summed E-state index contributed by atoms with van der Waals surface area (Å²) in [5, 5.41) is 14.5. The molecule has 1 atom stereocenters. The van der Waals surface area contributed by atoms with Crippen molar-refractivity contribution in [3.05, 3.63) is 48.0 Å². The van der Waals surface area contributed by atoms with Gasteiger partial charge in [-0.2, -0.15) is 11.8 Å². The number of carboxylic acids is 1. The molecule has 23 heavy (non-hydrogen) atoms. The molecule has 1 fully saturated rings. The smallest absolute Gasteiger partial charge is 0.330 e. The van der Waals surface area contributed by atoms with Gasteiger partial charge in [0, 0.05) is 12.2 Å². The summed E-state index contributed by atoms with van der Waals surface area (Å²) in [4.78, 5) is 23.6. The van der Waals surface area contributed by atoms with Gasteiger partial charge in [-0.3, -0.25) is 4.79 Å². The normalized spacial score (nSPS) is 20.5. The molecular formula is C18H19NO3S. The lowest BCUT2D eigenvalue weighted by molar-refractivity contribution is -0.146. The number of benzene rings is 2.